The van der Waals surface area contributed by atoms with E-state index in [-0.39, 0.29) is 5.92 Å². The Morgan fingerprint density at radius 1 is 0.909 bits per heavy atom. The van der Waals surface area contributed by atoms with Gasteiger partial charge < -0.3 is 4.74 Å². The molecule has 0 radical (unpaired) electrons. The molecule has 0 aliphatic carbocycles. The topological polar surface area (TPSA) is 9.23 Å². The Labute approximate surface area is 131 Å². The van der Waals surface area contributed by atoms with Gasteiger partial charge in [0.2, 0.25) is 0 Å². The largest absolute Gasteiger partial charge is 0.496 e. The van der Waals surface area contributed by atoms with Crippen LogP contribution < -0.4 is 4.74 Å². The summed E-state index contributed by atoms with van der Waals surface area (Å²) in [4.78, 5) is 0. The zero-order valence-corrected chi connectivity index (χ0v) is 12.8. The van der Waals surface area contributed by atoms with E-state index in [0.29, 0.717) is 0 Å². The lowest BCUT2D eigenvalue weighted by molar-refractivity contribution is 0.419. The number of hydrogen-bond acceptors (Lipinski definition) is 1. The normalized spacial score (nSPS) is 11.9. The van der Waals surface area contributed by atoms with Gasteiger partial charge in [-0.2, -0.15) is 0 Å². The summed E-state index contributed by atoms with van der Waals surface area (Å²) in [5, 5.41) is 2.24. The third-order valence-electron chi connectivity index (χ3n) is 4.03. The van der Waals surface area contributed by atoms with Crippen molar-refractivity contribution < 1.29 is 4.74 Å². The molecule has 0 aliphatic heterocycles. The lowest BCUT2D eigenvalue weighted by atomic mass is 9.88. The van der Waals surface area contributed by atoms with Gasteiger partial charge in [-0.15, -0.1) is 6.42 Å². The summed E-state index contributed by atoms with van der Waals surface area (Å²) >= 11 is 0. The monoisotopic (exact) mass is 286 g/mol. The van der Waals surface area contributed by atoms with Crippen molar-refractivity contribution in [1.82, 2.24) is 0 Å². The van der Waals surface area contributed by atoms with Gasteiger partial charge in [-0.3, -0.25) is 0 Å². The van der Waals surface area contributed by atoms with Crippen LogP contribution in [0.5, 0.6) is 5.75 Å². The van der Waals surface area contributed by atoms with Crippen molar-refractivity contribution in [2.45, 2.75) is 12.8 Å². The summed E-state index contributed by atoms with van der Waals surface area (Å²) in [7, 11) is 1.69. The van der Waals surface area contributed by atoms with E-state index in [2.05, 4.69) is 55.3 Å². The van der Waals surface area contributed by atoms with Crippen molar-refractivity contribution >= 4 is 10.8 Å². The van der Waals surface area contributed by atoms with Crippen LogP contribution in [0.3, 0.4) is 0 Å². The molecule has 0 saturated carbocycles. The lowest BCUT2D eigenvalue weighted by Crippen LogP contribution is -2.00. The van der Waals surface area contributed by atoms with Crippen LogP contribution in [0.1, 0.15) is 22.6 Å². The maximum Gasteiger partial charge on any atom is 0.126 e. The van der Waals surface area contributed by atoms with Gasteiger partial charge in [0.15, 0.2) is 0 Å². The maximum absolute atomic E-state index is 5.86. The number of rotatable bonds is 3. The van der Waals surface area contributed by atoms with E-state index in [1.807, 2.05) is 18.2 Å². The number of hydrogen-bond donors (Lipinski definition) is 0. The van der Waals surface area contributed by atoms with Crippen LogP contribution in [0.25, 0.3) is 10.8 Å². The molecule has 3 aromatic carbocycles. The van der Waals surface area contributed by atoms with E-state index in [1.54, 1.807) is 7.11 Å². The molecule has 3 rings (SSSR count). The quantitative estimate of drug-likeness (QED) is 0.621. The first kappa shape index (κ1) is 14.2. The molecule has 0 heterocycles. The fourth-order valence-corrected chi connectivity index (χ4v) is 2.85. The molecular weight excluding hydrogens is 268 g/mol. The highest BCUT2D eigenvalue weighted by Crippen LogP contribution is 2.34. The molecule has 0 aliphatic rings. The Morgan fingerprint density at radius 2 is 1.59 bits per heavy atom. The number of aryl methyl sites for hydroxylation is 1. The van der Waals surface area contributed by atoms with Crippen LogP contribution >= 0.6 is 0 Å². The van der Waals surface area contributed by atoms with Crippen molar-refractivity contribution in [1.29, 1.82) is 0 Å². The molecule has 3 aromatic rings. The summed E-state index contributed by atoms with van der Waals surface area (Å²) < 4.78 is 5.47. The fraction of sp³-hybridized carbons (Fsp3) is 0.143. The highest BCUT2D eigenvalue weighted by Gasteiger charge is 2.15. The summed E-state index contributed by atoms with van der Waals surface area (Å²) in [6, 6.07) is 20.7. The van der Waals surface area contributed by atoms with Crippen LogP contribution in [-0.2, 0) is 0 Å². The Bertz CT molecular complexity index is 838. The van der Waals surface area contributed by atoms with Crippen molar-refractivity contribution in [3.63, 3.8) is 0 Å². The van der Waals surface area contributed by atoms with Crippen molar-refractivity contribution in [3.8, 4) is 18.1 Å². The first-order chi connectivity index (χ1) is 10.7. The molecule has 0 fully saturated rings. The predicted octanol–water partition coefficient (Wildman–Crippen LogP) is 4.92. The molecule has 0 bridgehead atoms. The van der Waals surface area contributed by atoms with Crippen molar-refractivity contribution in [2.24, 2.45) is 0 Å². The van der Waals surface area contributed by atoms with Gasteiger partial charge in [-0.05, 0) is 29.5 Å². The molecule has 22 heavy (non-hydrogen) atoms. The van der Waals surface area contributed by atoms with E-state index in [9.17, 15) is 0 Å². The molecule has 1 unspecified atom stereocenters. The molecule has 0 saturated heterocycles. The van der Waals surface area contributed by atoms with Gasteiger partial charge in [0.25, 0.3) is 0 Å². The van der Waals surface area contributed by atoms with Gasteiger partial charge in [0.05, 0.1) is 13.0 Å². The summed E-state index contributed by atoms with van der Waals surface area (Å²) in [5.41, 5.74) is 3.52. The number of benzene rings is 3. The van der Waals surface area contributed by atoms with Crippen LogP contribution in [0.15, 0.2) is 60.7 Å². The summed E-state index contributed by atoms with van der Waals surface area (Å²) in [6.07, 6.45) is 5.86. The minimum Gasteiger partial charge on any atom is -0.496 e. The highest BCUT2D eigenvalue weighted by atomic mass is 16.5. The highest BCUT2D eigenvalue weighted by molar-refractivity contribution is 5.92. The second kappa shape index (κ2) is 5.95. The van der Waals surface area contributed by atoms with E-state index in [1.165, 1.54) is 5.56 Å². The van der Waals surface area contributed by atoms with E-state index in [0.717, 1.165) is 27.6 Å². The number of terminal acetylenes is 1. The molecule has 0 spiro atoms. The van der Waals surface area contributed by atoms with Gasteiger partial charge in [0.1, 0.15) is 5.75 Å². The average molecular weight is 286 g/mol. The van der Waals surface area contributed by atoms with E-state index >= 15 is 0 Å². The average Bonchev–Trinajstić information content (AvgIpc) is 2.57. The molecule has 1 heteroatoms. The Hall–Kier alpha value is -2.72. The lowest BCUT2D eigenvalue weighted by Gasteiger charge is -2.16. The van der Waals surface area contributed by atoms with Gasteiger partial charge >= 0.3 is 0 Å². The van der Waals surface area contributed by atoms with Gasteiger partial charge in [0, 0.05) is 5.39 Å². The van der Waals surface area contributed by atoms with Gasteiger partial charge in [-0.25, -0.2) is 0 Å². The molecular formula is C21H18O. The molecule has 1 nitrogen and oxygen atoms in total. The Morgan fingerprint density at radius 3 is 2.23 bits per heavy atom. The van der Waals surface area contributed by atoms with Crippen LogP contribution in [0, 0.1) is 19.3 Å². The fourth-order valence-electron chi connectivity index (χ4n) is 2.85. The number of ether oxygens (including phenoxy) is 1. The standard InChI is InChI=1S/C21H18O/c1-4-17(16-11-9-15(2)10-12-16)19-13-14-21(22-3)20-8-6-5-7-18(19)20/h1,5-14,17H,2-3H3. The number of methoxy groups -OCH3 is 1. The Balaban J connectivity index is 2.20. The third-order valence-corrected chi connectivity index (χ3v) is 4.03. The second-order valence-electron chi connectivity index (χ2n) is 5.41. The first-order valence-corrected chi connectivity index (χ1v) is 7.33. The third kappa shape index (κ3) is 2.44. The second-order valence-corrected chi connectivity index (χ2v) is 5.41. The smallest absolute Gasteiger partial charge is 0.126 e. The SMILES string of the molecule is C#CC(c1ccc(C)cc1)c1ccc(OC)c2ccccc12. The molecule has 108 valence electrons. The summed E-state index contributed by atoms with van der Waals surface area (Å²) in [5.74, 6) is 3.76. The first-order valence-electron chi connectivity index (χ1n) is 7.33. The molecule has 0 N–H and O–H groups in total. The van der Waals surface area contributed by atoms with Gasteiger partial charge in [-0.1, -0.05) is 66.1 Å². The molecule has 0 aromatic heterocycles. The number of fused-ring (bicyclic) bond motifs is 1. The Kier molecular flexibility index (Phi) is 3.85. The minimum atomic E-state index is -0.0589. The van der Waals surface area contributed by atoms with Crippen molar-refractivity contribution in [3.05, 3.63) is 77.4 Å². The van der Waals surface area contributed by atoms with Crippen LogP contribution in [-0.4, -0.2) is 7.11 Å². The minimum absolute atomic E-state index is 0.0589. The zero-order chi connectivity index (χ0) is 15.5. The van der Waals surface area contributed by atoms with E-state index < -0.39 is 0 Å². The predicted molar refractivity (Wildman–Crippen MR) is 92.4 cm³/mol. The maximum atomic E-state index is 5.86. The van der Waals surface area contributed by atoms with Crippen molar-refractivity contribution in [2.75, 3.05) is 7.11 Å². The molecule has 0 amide bonds. The summed E-state index contributed by atoms with van der Waals surface area (Å²) in [6.45, 7) is 2.08. The zero-order valence-electron chi connectivity index (χ0n) is 12.8. The van der Waals surface area contributed by atoms with E-state index in [4.69, 9.17) is 11.2 Å². The van der Waals surface area contributed by atoms with Crippen LogP contribution in [0.2, 0.25) is 0 Å². The molecule has 1 atom stereocenters. The van der Waals surface area contributed by atoms with Crippen LogP contribution in [0.4, 0.5) is 0 Å².